The lowest BCUT2D eigenvalue weighted by Crippen LogP contribution is -2.52. The number of pyridine rings is 1. The second kappa shape index (κ2) is 7.31. The molecular formula is C19H21N3O3. The first-order chi connectivity index (χ1) is 11.8. The highest BCUT2D eigenvalue weighted by Gasteiger charge is 2.32. The van der Waals surface area contributed by atoms with E-state index in [0.29, 0.717) is 5.52 Å². The van der Waals surface area contributed by atoms with Gasteiger partial charge >= 0.3 is 5.97 Å². The molecular weight excluding hydrogens is 318 g/mol. The Kier molecular flexibility index (Phi) is 5.38. The van der Waals surface area contributed by atoms with Crippen molar-refractivity contribution in [3.63, 3.8) is 0 Å². The molecule has 1 amide bonds. The number of esters is 1. The second-order valence-electron chi connectivity index (χ2n) is 6.39. The summed E-state index contributed by atoms with van der Waals surface area (Å²) in [4.78, 5) is 28.7. The van der Waals surface area contributed by atoms with Gasteiger partial charge in [-0.05, 0) is 31.9 Å². The Morgan fingerprint density at radius 2 is 1.88 bits per heavy atom. The summed E-state index contributed by atoms with van der Waals surface area (Å²) >= 11 is 0. The summed E-state index contributed by atoms with van der Waals surface area (Å²) in [5.41, 5.74) is -0.227. The topological polar surface area (TPSA) is 92.1 Å². The van der Waals surface area contributed by atoms with Gasteiger partial charge in [-0.1, -0.05) is 38.1 Å². The van der Waals surface area contributed by atoms with Gasteiger partial charge in [0.2, 0.25) is 0 Å². The SMILES string of the molecule is CC(C)[C@@](C)(C#N)NC(=O)[C@H](C)OC(=O)c1ccc2ccccc2n1. The van der Waals surface area contributed by atoms with Crippen molar-refractivity contribution < 1.29 is 14.3 Å². The molecule has 0 saturated heterocycles. The summed E-state index contributed by atoms with van der Waals surface area (Å²) in [5, 5.41) is 12.8. The Bertz CT molecular complexity index is 841. The Hall–Kier alpha value is -2.94. The maximum Gasteiger partial charge on any atom is 0.357 e. The number of carbonyl (C=O) groups is 2. The van der Waals surface area contributed by atoms with Gasteiger partial charge in [0.05, 0.1) is 11.6 Å². The summed E-state index contributed by atoms with van der Waals surface area (Å²) < 4.78 is 5.19. The van der Waals surface area contributed by atoms with Gasteiger partial charge in [0.1, 0.15) is 11.2 Å². The van der Waals surface area contributed by atoms with E-state index in [-0.39, 0.29) is 11.6 Å². The fourth-order valence-electron chi connectivity index (χ4n) is 2.11. The molecule has 0 saturated carbocycles. The number of amides is 1. The number of nitriles is 1. The lowest BCUT2D eigenvalue weighted by molar-refractivity contribution is -0.130. The molecule has 0 unspecified atom stereocenters. The van der Waals surface area contributed by atoms with Crippen molar-refractivity contribution in [1.82, 2.24) is 10.3 Å². The highest BCUT2D eigenvalue weighted by atomic mass is 16.5. The molecule has 2 atom stereocenters. The third kappa shape index (κ3) is 4.13. The first-order valence-electron chi connectivity index (χ1n) is 8.07. The van der Waals surface area contributed by atoms with Crippen LogP contribution in [0, 0.1) is 17.2 Å². The maximum atomic E-state index is 12.2. The third-order valence-electron chi connectivity index (χ3n) is 4.23. The predicted octanol–water partition coefficient (Wildman–Crippen LogP) is 2.83. The van der Waals surface area contributed by atoms with Crippen molar-refractivity contribution in [2.24, 2.45) is 5.92 Å². The molecule has 2 aromatic rings. The van der Waals surface area contributed by atoms with Gasteiger partial charge in [0, 0.05) is 5.39 Å². The molecule has 1 aromatic carbocycles. The van der Waals surface area contributed by atoms with Crippen molar-refractivity contribution in [2.75, 3.05) is 0 Å². The largest absolute Gasteiger partial charge is 0.448 e. The number of benzene rings is 1. The van der Waals surface area contributed by atoms with Gasteiger partial charge in [0.25, 0.3) is 5.91 Å². The van der Waals surface area contributed by atoms with Crippen LogP contribution >= 0.6 is 0 Å². The summed E-state index contributed by atoms with van der Waals surface area (Å²) in [6.07, 6.45) is -1.04. The van der Waals surface area contributed by atoms with E-state index >= 15 is 0 Å². The van der Waals surface area contributed by atoms with Crippen LogP contribution in [0.25, 0.3) is 10.9 Å². The molecule has 6 nitrogen and oxygen atoms in total. The number of aromatic nitrogens is 1. The average molecular weight is 339 g/mol. The molecule has 130 valence electrons. The Balaban J connectivity index is 2.08. The first-order valence-corrected chi connectivity index (χ1v) is 8.07. The minimum Gasteiger partial charge on any atom is -0.448 e. The molecule has 0 spiro atoms. The quantitative estimate of drug-likeness (QED) is 0.846. The van der Waals surface area contributed by atoms with Crippen LogP contribution in [0.1, 0.15) is 38.2 Å². The highest BCUT2D eigenvalue weighted by Crippen LogP contribution is 2.16. The molecule has 6 heteroatoms. The monoisotopic (exact) mass is 339 g/mol. The van der Waals surface area contributed by atoms with Crippen LogP contribution < -0.4 is 5.32 Å². The molecule has 0 fully saturated rings. The van der Waals surface area contributed by atoms with E-state index in [2.05, 4.69) is 16.4 Å². The van der Waals surface area contributed by atoms with Crippen LogP contribution in [0.4, 0.5) is 0 Å². The zero-order valence-electron chi connectivity index (χ0n) is 14.7. The summed E-state index contributed by atoms with van der Waals surface area (Å²) in [6.45, 7) is 6.76. The lowest BCUT2D eigenvalue weighted by Gasteiger charge is -2.28. The molecule has 0 bridgehead atoms. The van der Waals surface area contributed by atoms with Gasteiger partial charge in [-0.3, -0.25) is 4.79 Å². The minimum absolute atomic E-state index is 0.0912. The van der Waals surface area contributed by atoms with Gasteiger partial charge in [-0.2, -0.15) is 5.26 Å². The molecule has 1 heterocycles. The zero-order chi connectivity index (χ0) is 18.6. The number of fused-ring (bicyclic) bond motifs is 1. The van der Waals surface area contributed by atoms with Crippen molar-refractivity contribution in [3.05, 3.63) is 42.1 Å². The summed E-state index contributed by atoms with van der Waals surface area (Å²) in [6, 6.07) is 12.8. The predicted molar refractivity (Wildman–Crippen MR) is 93.6 cm³/mol. The van der Waals surface area contributed by atoms with E-state index in [1.165, 1.54) is 6.92 Å². The molecule has 0 aliphatic carbocycles. The Morgan fingerprint density at radius 3 is 2.52 bits per heavy atom. The van der Waals surface area contributed by atoms with Gasteiger partial charge in [-0.15, -0.1) is 0 Å². The zero-order valence-corrected chi connectivity index (χ0v) is 14.7. The fourth-order valence-corrected chi connectivity index (χ4v) is 2.11. The number of nitrogens with zero attached hydrogens (tertiary/aromatic N) is 2. The van der Waals surface area contributed by atoms with Crippen molar-refractivity contribution >= 4 is 22.8 Å². The van der Waals surface area contributed by atoms with E-state index in [9.17, 15) is 14.9 Å². The van der Waals surface area contributed by atoms with E-state index < -0.39 is 23.5 Å². The van der Waals surface area contributed by atoms with Crippen molar-refractivity contribution in [3.8, 4) is 6.07 Å². The number of nitrogens with one attached hydrogen (secondary N) is 1. The second-order valence-corrected chi connectivity index (χ2v) is 6.39. The van der Waals surface area contributed by atoms with Crippen LogP contribution in [-0.4, -0.2) is 28.5 Å². The minimum atomic E-state index is -1.04. The summed E-state index contributed by atoms with van der Waals surface area (Å²) in [5.74, 6) is -1.30. The van der Waals surface area contributed by atoms with Gasteiger partial charge in [0.15, 0.2) is 6.10 Å². The van der Waals surface area contributed by atoms with Crippen LogP contribution in [-0.2, 0) is 9.53 Å². The first kappa shape index (κ1) is 18.4. The fraction of sp³-hybridized carbons (Fsp3) is 0.368. The van der Waals surface area contributed by atoms with Crippen LogP contribution in [0.5, 0.6) is 0 Å². The number of para-hydroxylation sites is 1. The van der Waals surface area contributed by atoms with Crippen LogP contribution in [0.2, 0.25) is 0 Å². The third-order valence-corrected chi connectivity index (χ3v) is 4.23. The van der Waals surface area contributed by atoms with Crippen LogP contribution in [0.3, 0.4) is 0 Å². The number of hydrogen-bond acceptors (Lipinski definition) is 5. The summed E-state index contributed by atoms with van der Waals surface area (Å²) in [7, 11) is 0. The van der Waals surface area contributed by atoms with E-state index in [1.54, 1.807) is 25.1 Å². The maximum absolute atomic E-state index is 12.2. The average Bonchev–Trinajstić information content (AvgIpc) is 2.60. The smallest absolute Gasteiger partial charge is 0.357 e. The van der Waals surface area contributed by atoms with E-state index in [4.69, 9.17) is 4.74 Å². The standard InChI is InChI=1S/C19H21N3O3/c1-12(2)19(4,11-20)22-17(23)13(3)25-18(24)16-10-9-14-7-5-6-8-15(14)21-16/h5-10,12-13H,1-4H3,(H,22,23)/t13-,19+/m0/s1. The number of rotatable bonds is 5. The van der Waals surface area contributed by atoms with Crippen LogP contribution in [0.15, 0.2) is 36.4 Å². The number of ether oxygens (including phenoxy) is 1. The van der Waals surface area contributed by atoms with Gasteiger partial charge in [-0.25, -0.2) is 9.78 Å². The lowest BCUT2D eigenvalue weighted by atomic mass is 9.90. The van der Waals surface area contributed by atoms with E-state index in [0.717, 1.165) is 5.39 Å². The van der Waals surface area contributed by atoms with Crippen molar-refractivity contribution in [2.45, 2.75) is 39.3 Å². The number of hydrogen-bond donors (Lipinski definition) is 1. The van der Waals surface area contributed by atoms with E-state index in [1.807, 2.05) is 32.0 Å². The molecule has 0 aliphatic heterocycles. The van der Waals surface area contributed by atoms with Crippen molar-refractivity contribution in [1.29, 1.82) is 5.26 Å². The molecule has 0 radical (unpaired) electrons. The molecule has 1 aromatic heterocycles. The van der Waals surface area contributed by atoms with Gasteiger partial charge < -0.3 is 10.1 Å². The molecule has 0 aliphatic rings. The normalized spacial score (nSPS) is 14.4. The molecule has 1 N–H and O–H groups in total. The number of carbonyl (C=O) groups excluding carboxylic acids is 2. The Labute approximate surface area is 146 Å². The molecule has 2 rings (SSSR count). The Morgan fingerprint density at radius 1 is 1.20 bits per heavy atom. The molecule has 25 heavy (non-hydrogen) atoms. The highest BCUT2D eigenvalue weighted by molar-refractivity contribution is 5.93.